The standard InChI is InChI=1S/C23H23F6NO3/c1-32-19-8-7-13(11-20(19)33-2)17-5-3-4-6-18(17)30-21(31)14-9-15(22(24,25)26)12-16(10-14)23(27,28)29/h7-12,17-18H,3-6H2,1-2H3,(H,30,31)/t17-,18-/m1/s1. The Morgan fingerprint density at radius 3 is 1.97 bits per heavy atom. The van der Waals surface area contributed by atoms with Crippen LogP contribution >= 0.6 is 0 Å². The van der Waals surface area contributed by atoms with Crippen molar-refractivity contribution in [1.29, 1.82) is 0 Å². The average Bonchev–Trinajstić information content (AvgIpc) is 2.77. The molecule has 1 N–H and O–H groups in total. The topological polar surface area (TPSA) is 47.6 Å². The highest BCUT2D eigenvalue weighted by molar-refractivity contribution is 5.95. The Balaban J connectivity index is 1.91. The number of rotatable bonds is 5. The van der Waals surface area contributed by atoms with E-state index in [4.69, 9.17) is 9.47 Å². The molecule has 1 fully saturated rings. The van der Waals surface area contributed by atoms with E-state index >= 15 is 0 Å². The molecule has 10 heteroatoms. The van der Waals surface area contributed by atoms with Gasteiger partial charge in [0, 0.05) is 17.5 Å². The molecule has 180 valence electrons. The lowest BCUT2D eigenvalue weighted by molar-refractivity contribution is -0.143. The first-order valence-electron chi connectivity index (χ1n) is 10.3. The van der Waals surface area contributed by atoms with Crippen molar-refractivity contribution < 1.29 is 40.6 Å². The second-order valence-corrected chi connectivity index (χ2v) is 7.88. The Labute approximate surface area is 186 Å². The quantitative estimate of drug-likeness (QED) is 0.524. The van der Waals surface area contributed by atoms with E-state index in [-0.39, 0.29) is 12.0 Å². The van der Waals surface area contributed by atoms with Crippen LogP contribution in [0.4, 0.5) is 26.3 Å². The van der Waals surface area contributed by atoms with Crippen molar-refractivity contribution in [3.8, 4) is 11.5 Å². The Morgan fingerprint density at radius 2 is 1.42 bits per heavy atom. The van der Waals surface area contributed by atoms with Crippen LogP contribution in [0.2, 0.25) is 0 Å². The summed E-state index contributed by atoms with van der Waals surface area (Å²) in [6.45, 7) is 0. The van der Waals surface area contributed by atoms with Gasteiger partial charge < -0.3 is 14.8 Å². The van der Waals surface area contributed by atoms with Crippen molar-refractivity contribution in [2.45, 2.75) is 50.0 Å². The van der Waals surface area contributed by atoms with Crippen LogP contribution in [0.3, 0.4) is 0 Å². The molecule has 0 unspecified atom stereocenters. The summed E-state index contributed by atoms with van der Waals surface area (Å²) in [4.78, 5) is 12.8. The average molecular weight is 475 g/mol. The van der Waals surface area contributed by atoms with Crippen molar-refractivity contribution in [3.63, 3.8) is 0 Å². The number of halogens is 6. The molecular weight excluding hydrogens is 452 g/mol. The van der Waals surface area contributed by atoms with E-state index in [0.717, 1.165) is 18.4 Å². The van der Waals surface area contributed by atoms with Crippen molar-refractivity contribution >= 4 is 5.91 Å². The number of benzene rings is 2. The fraction of sp³-hybridized carbons (Fsp3) is 0.435. The molecule has 1 aliphatic carbocycles. The third-order valence-electron chi connectivity index (χ3n) is 5.77. The van der Waals surface area contributed by atoms with Crippen LogP contribution in [0.1, 0.15) is 58.6 Å². The molecule has 0 saturated heterocycles. The molecule has 1 aliphatic rings. The van der Waals surface area contributed by atoms with Gasteiger partial charge in [-0.15, -0.1) is 0 Å². The van der Waals surface area contributed by atoms with Gasteiger partial charge in [-0.05, 0) is 48.7 Å². The zero-order valence-corrected chi connectivity index (χ0v) is 17.9. The smallest absolute Gasteiger partial charge is 0.416 e. The molecular formula is C23H23F6NO3. The highest BCUT2D eigenvalue weighted by Crippen LogP contribution is 2.39. The van der Waals surface area contributed by atoms with Crippen molar-refractivity contribution in [2.75, 3.05) is 14.2 Å². The number of ether oxygens (including phenoxy) is 2. The third kappa shape index (κ3) is 5.72. The second kappa shape index (κ2) is 9.52. The van der Waals surface area contributed by atoms with Crippen LogP contribution in [0, 0.1) is 0 Å². The molecule has 0 bridgehead atoms. The lowest BCUT2D eigenvalue weighted by Gasteiger charge is -2.33. The zero-order valence-electron chi connectivity index (χ0n) is 17.9. The number of hydrogen-bond acceptors (Lipinski definition) is 3. The number of carbonyl (C=O) groups excluding carboxylic acids is 1. The first-order chi connectivity index (χ1) is 15.4. The fourth-order valence-electron chi connectivity index (χ4n) is 4.12. The van der Waals surface area contributed by atoms with E-state index in [1.165, 1.54) is 14.2 Å². The molecule has 0 radical (unpaired) electrons. The molecule has 0 aliphatic heterocycles. The second-order valence-electron chi connectivity index (χ2n) is 7.88. The molecule has 4 nitrogen and oxygen atoms in total. The van der Waals surface area contributed by atoms with Gasteiger partial charge in [-0.25, -0.2) is 0 Å². The van der Waals surface area contributed by atoms with Gasteiger partial charge in [0.2, 0.25) is 0 Å². The van der Waals surface area contributed by atoms with E-state index in [1.807, 2.05) is 6.07 Å². The van der Waals surface area contributed by atoms with Crippen LogP contribution < -0.4 is 14.8 Å². The van der Waals surface area contributed by atoms with E-state index in [9.17, 15) is 31.1 Å². The number of methoxy groups -OCH3 is 2. The van der Waals surface area contributed by atoms with E-state index in [1.54, 1.807) is 12.1 Å². The summed E-state index contributed by atoms with van der Waals surface area (Å²) in [6, 6.07) is 5.71. The van der Waals surface area contributed by atoms with Crippen LogP contribution in [0.5, 0.6) is 11.5 Å². The predicted molar refractivity (Wildman–Crippen MR) is 108 cm³/mol. The minimum atomic E-state index is -5.02. The molecule has 2 atom stereocenters. The maximum atomic E-state index is 13.2. The molecule has 2 aromatic carbocycles. The lowest BCUT2D eigenvalue weighted by atomic mass is 9.79. The first-order valence-corrected chi connectivity index (χ1v) is 10.3. The van der Waals surface area contributed by atoms with Gasteiger partial charge in [-0.3, -0.25) is 4.79 Å². The van der Waals surface area contributed by atoms with E-state index in [2.05, 4.69) is 5.32 Å². The highest BCUT2D eigenvalue weighted by Gasteiger charge is 2.38. The minimum Gasteiger partial charge on any atom is -0.493 e. The van der Waals surface area contributed by atoms with Gasteiger partial charge in [0.05, 0.1) is 25.3 Å². The lowest BCUT2D eigenvalue weighted by Crippen LogP contribution is -2.41. The highest BCUT2D eigenvalue weighted by atomic mass is 19.4. The van der Waals surface area contributed by atoms with Crippen LogP contribution in [-0.2, 0) is 12.4 Å². The number of carbonyl (C=O) groups is 1. The number of amides is 1. The van der Waals surface area contributed by atoms with Gasteiger partial charge in [-0.2, -0.15) is 26.3 Å². The van der Waals surface area contributed by atoms with E-state index in [0.29, 0.717) is 36.5 Å². The molecule has 3 rings (SSSR count). The maximum Gasteiger partial charge on any atom is 0.416 e. The van der Waals surface area contributed by atoms with Crippen molar-refractivity contribution in [1.82, 2.24) is 5.32 Å². The summed E-state index contributed by atoms with van der Waals surface area (Å²) < 4.78 is 89.5. The summed E-state index contributed by atoms with van der Waals surface area (Å²) in [6.07, 6.45) is -7.18. The maximum absolute atomic E-state index is 13.2. The number of alkyl halides is 6. The van der Waals surface area contributed by atoms with E-state index < -0.39 is 41.0 Å². The number of nitrogens with one attached hydrogen (secondary N) is 1. The normalized spacial score (nSPS) is 19.2. The first kappa shape index (κ1) is 24.7. The Hall–Kier alpha value is -2.91. The summed E-state index contributed by atoms with van der Waals surface area (Å²) in [5, 5.41) is 2.66. The molecule has 1 saturated carbocycles. The predicted octanol–water partition coefficient (Wildman–Crippen LogP) is 6.20. The summed E-state index contributed by atoms with van der Waals surface area (Å²) >= 11 is 0. The summed E-state index contributed by atoms with van der Waals surface area (Å²) in [5.41, 5.74) is -2.91. The Morgan fingerprint density at radius 1 is 0.848 bits per heavy atom. The molecule has 33 heavy (non-hydrogen) atoms. The van der Waals surface area contributed by atoms with Gasteiger partial charge in [0.25, 0.3) is 5.91 Å². The van der Waals surface area contributed by atoms with Crippen LogP contribution in [0.15, 0.2) is 36.4 Å². The van der Waals surface area contributed by atoms with Gasteiger partial charge >= 0.3 is 12.4 Å². The van der Waals surface area contributed by atoms with Crippen LogP contribution in [-0.4, -0.2) is 26.2 Å². The van der Waals surface area contributed by atoms with Gasteiger partial charge in [-0.1, -0.05) is 18.9 Å². The zero-order chi connectivity index (χ0) is 24.4. The van der Waals surface area contributed by atoms with Crippen molar-refractivity contribution in [3.05, 3.63) is 58.7 Å². The van der Waals surface area contributed by atoms with Gasteiger partial charge in [0.1, 0.15) is 0 Å². The summed E-state index contributed by atoms with van der Waals surface area (Å²) in [7, 11) is 2.97. The largest absolute Gasteiger partial charge is 0.493 e. The van der Waals surface area contributed by atoms with Crippen molar-refractivity contribution in [2.24, 2.45) is 0 Å². The Kier molecular flexibility index (Phi) is 7.14. The Bertz CT molecular complexity index is 970. The molecule has 0 spiro atoms. The SMILES string of the molecule is COc1ccc([C@H]2CCCC[C@H]2NC(=O)c2cc(C(F)(F)F)cc(C(F)(F)F)c2)cc1OC. The molecule has 2 aromatic rings. The molecule has 1 amide bonds. The fourth-order valence-corrected chi connectivity index (χ4v) is 4.12. The van der Waals surface area contributed by atoms with Crippen LogP contribution in [0.25, 0.3) is 0 Å². The number of hydrogen-bond donors (Lipinski definition) is 1. The third-order valence-corrected chi connectivity index (χ3v) is 5.77. The summed E-state index contributed by atoms with van der Waals surface area (Å²) in [5.74, 6) is -0.168. The monoisotopic (exact) mass is 475 g/mol. The minimum absolute atomic E-state index is 0.00379. The molecule has 0 aromatic heterocycles. The molecule has 0 heterocycles. The van der Waals surface area contributed by atoms with Gasteiger partial charge in [0.15, 0.2) is 11.5 Å².